The number of fused-ring (bicyclic) bond motifs is 7. The number of aliphatic hydroxyl groups is 10. The summed E-state index contributed by atoms with van der Waals surface area (Å²) < 4.78 is 35.2. The fraction of sp³-hybridized carbons (Fsp3) is 0.939. The zero-order valence-corrected chi connectivity index (χ0v) is 40.1. The first-order valence-electron chi connectivity index (χ1n) is 24.7. The molecule has 378 valence electrons. The summed E-state index contributed by atoms with van der Waals surface area (Å²) in [5.74, 6) is -0.660. The normalized spacial score (nSPS) is 54.8. The van der Waals surface area contributed by atoms with Crippen molar-refractivity contribution in [3.8, 4) is 0 Å². The summed E-state index contributed by atoms with van der Waals surface area (Å²) in [7, 11) is 0. The van der Waals surface area contributed by atoms with Gasteiger partial charge in [0.25, 0.3) is 0 Å². The van der Waals surface area contributed by atoms with Gasteiger partial charge in [-0.05, 0) is 111 Å². The highest BCUT2D eigenvalue weighted by molar-refractivity contribution is 5.79. The van der Waals surface area contributed by atoms with Crippen LogP contribution in [-0.4, -0.2) is 169 Å². The SMILES string of the molecule is CC1OC(OC2C(CO)OC(OCC3OC(OC(=O)C45CCC(C)(C)CC4C4=CCC6C7(C)CCC(O)C(C)(CO)C7CCC6(C)C4(C)CC5)C(O)C(O)C3O)C(O)C2O)C(O)C(O)C1C. The van der Waals surface area contributed by atoms with E-state index < -0.39 is 128 Å². The Morgan fingerprint density at radius 1 is 0.697 bits per heavy atom. The summed E-state index contributed by atoms with van der Waals surface area (Å²) in [6.45, 7) is 15.7. The lowest BCUT2D eigenvalue weighted by molar-refractivity contribution is -0.359. The molecular weight excluding hydrogens is 861 g/mol. The van der Waals surface area contributed by atoms with Crippen molar-refractivity contribution in [2.75, 3.05) is 19.8 Å². The van der Waals surface area contributed by atoms with Crippen LogP contribution in [0, 0.1) is 56.2 Å². The van der Waals surface area contributed by atoms with E-state index >= 15 is 0 Å². The third kappa shape index (κ3) is 7.88. The number of carbonyl (C=O) groups excluding carboxylic acids is 1. The summed E-state index contributed by atoms with van der Waals surface area (Å²) >= 11 is 0. The van der Waals surface area contributed by atoms with Crippen molar-refractivity contribution < 1.29 is 84.3 Å². The van der Waals surface area contributed by atoms with Gasteiger partial charge >= 0.3 is 5.97 Å². The van der Waals surface area contributed by atoms with Crippen molar-refractivity contribution in [2.24, 2.45) is 56.2 Å². The lowest BCUT2D eigenvalue weighted by Crippen LogP contribution is -2.66. The first kappa shape index (κ1) is 51.0. The highest BCUT2D eigenvalue weighted by atomic mass is 16.8. The van der Waals surface area contributed by atoms with Gasteiger partial charge < -0.3 is 79.5 Å². The van der Waals surface area contributed by atoms with Crippen LogP contribution in [0.4, 0.5) is 0 Å². The molecule has 10 N–H and O–H groups in total. The van der Waals surface area contributed by atoms with E-state index in [-0.39, 0.29) is 40.1 Å². The number of ether oxygens (including phenoxy) is 6. The van der Waals surface area contributed by atoms with Crippen LogP contribution in [-0.2, 0) is 33.2 Å². The highest BCUT2D eigenvalue weighted by Gasteiger charge is 2.70. The van der Waals surface area contributed by atoms with E-state index in [9.17, 15) is 55.9 Å². The van der Waals surface area contributed by atoms with Crippen molar-refractivity contribution in [3.05, 3.63) is 11.6 Å². The van der Waals surface area contributed by atoms with E-state index in [0.29, 0.717) is 25.2 Å². The Balaban J connectivity index is 0.976. The number of allylic oxidation sites excluding steroid dienone is 2. The van der Waals surface area contributed by atoms with E-state index in [4.69, 9.17) is 28.4 Å². The Hall–Kier alpha value is -1.39. The zero-order valence-electron chi connectivity index (χ0n) is 40.1. The molecule has 4 saturated carbocycles. The maximum Gasteiger partial charge on any atom is 0.315 e. The molecule has 0 spiro atoms. The number of esters is 1. The van der Waals surface area contributed by atoms with Crippen LogP contribution in [0.1, 0.15) is 120 Å². The van der Waals surface area contributed by atoms with E-state index in [1.54, 1.807) is 13.8 Å². The van der Waals surface area contributed by atoms with Crippen LogP contribution in [0.25, 0.3) is 0 Å². The largest absolute Gasteiger partial charge is 0.432 e. The van der Waals surface area contributed by atoms with Gasteiger partial charge in [0, 0.05) is 11.3 Å². The minimum atomic E-state index is -1.82. The lowest BCUT2D eigenvalue weighted by Gasteiger charge is -2.71. The first-order chi connectivity index (χ1) is 30.8. The van der Waals surface area contributed by atoms with Crippen molar-refractivity contribution in [1.82, 2.24) is 0 Å². The van der Waals surface area contributed by atoms with Crippen LogP contribution in [0.3, 0.4) is 0 Å². The second-order valence-corrected chi connectivity index (χ2v) is 23.7. The van der Waals surface area contributed by atoms with Crippen molar-refractivity contribution in [2.45, 2.75) is 212 Å². The molecule has 7 fully saturated rings. The second kappa shape index (κ2) is 18.0. The Labute approximate surface area is 388 Å². The zero-order chi connectivity index (χ0) is 48.3. The Morgan fingerprint density at radius 2 is 1.35 bits per heavy atom. The van der Waals surface area contributed by atoms with Crippen LogP contribution in [0.2, 0.25) is 0 Å². The third-order valence-corrected chi connectivity index (χ3v) is 19.8. The van der Waals surface area contributed by atoms with E-state index in [2.05, 4.69) is 47.6 Å². The molecule has 3 heterocycles. The molecule has 0 amide bonds. The molecule has 17 nitrogen and oxygen atoms in total. The minimum absolute atomic E-state index is 0.0544. The molecule has 0 aromatic rings. The minimum Gasteiger partial charge on any atom is -0.432 e. The first-order valence-corrected chi connectivity index (χ1v) is 24.7. The van der Waals surface area contributed by atoms with Gasteiger partial charge in [0.05, 0.1) is 43.5 Å². The van der Waals surface area contributed by atoms with E-state index in [0.717, 1.165) is 44.9 Å². The summed E-state index contributed by atoms with van der Waals surface area (Å²) in [6, 6.07) is 0. The predicted octanol–water partition coefficient (Wildman–Crippen LogP) is 1.42. The molecule has 66 heavy (non-hydrogen) atoms. The predicted molar refractivity (Wildman–Crippen MR) is 233 cm³/mol. The van der Waals surface area contributed by atoms with Gasteiger partial charge in [-0.2, -0.15) is 0 Å². The number of aliphatic hydroxyl groups excluding tert-OH is 10. The molecule has 8 rings (SSSR count). The summed E-state index contributed by atoms with van der Waals surface area (Å²) in [5.41, 5.74) is -0.776. The fourth-order valence-corrected chi connectivity index (χ4v) is 15.0. The molecule has 0 bridgehead atoms. The number of rotatable bonds is 9. The average Bonchev–Trinajstić information content (AvgIpc) is 3.27. The van der Waals surface area contributed by atoms with Gasteiger partial charge in [0.1, 0.15) is 54.9 Å². The summed E-state index contributed by atoms with van der Waals surface area (Å²) in [6.07, 6.45) is -11.7. The molecule has 3 aliphatic heterocycles. The molecule has 17 heteroatoms. The maximum absolute atomic E-state index is 15.0. The smallest absolute Gasteiger partial charge is 0.315 e. The maximum atomic E-state index is 15.0. The van der Waals surface area contributed by atoms with Gasteiger partial charge in [-0.15, -0.1) is 0 Å². The molecular formula is C49H80O17. The molecule has 0 aromatic carbocycles. The molecule has 8 aliphatic rings. The monoisotopic (exact) mass is 941 g/mol. The van der Waals surface area contributed by atoms with Gasteiger partial charge in [0.2, 0.25) is 6.29 Å². The van der Waals surface area contributed by atoms with Crippen LogP contribution in [0.15, 0.2) is 11.6 Å². The molecule has 0 radical (unpaired) electrons. The Bertz CT molecular complexity index is 1800. The van der Waals surface area contributed by atoms with Crippen LogP contribution in [0.5, 0.6) is 0 Å². The topological polar surface area (TPSA) is 275 Å². The fourth-order valence-electron chi connectivity index (χ4n) is 15.0. The number of carbonyl (C=O) groups is 1. The van der Waals surface area contributed by atoms with Gasteiger partial charge in [-0.25, -0.2) is 0 Å². The third-order valence-electron chi connectivity index (χ3n) is 19.8. The molecule has 24 atom stereocenters. The Morgan fingerprint density at radius 3 is 2.03 bits per heavy atom. The molecule has 0 aromatic heterocycles. The second-order valence-electron chi connectivity index (χ2n) is 23.7. The molecule has 5 aliphatic carbocycles. The summed E-state index contributed by atoms with van der Waals surface area (Å²) in [5, 5.41) is 109. The van der Waals surface area contributed by atoms with Gasteiger partial charge in [-0.1, -0.05) is 60.1 Å². The lowest BCUT2D eigenvalue weighted by atomic mass is 9.33. The van der Waals surface area contributed by atoms with Crippen LogP contribution < -0.4 is 0 Å². The number of hydrogen-bond donors (Lipinski definition) is 10. The van der Waals surface area contributed by atoms with E-state index in [1.807, 2.05) is 0 Å². The Kier molecular flexibility index (Phi) is 13.9. The standard InChI is InChI=1S/C49H80O17/c1-23-24(2)62-41(36(57)32(23)53)65-39-27(20-50)63-40(38(59)35(39)56)61-21-28-33(54)34(55)37(58)42(64-28)66-43(60)49-17-15-44(3,4)19-26(49)25-9-10-30-45(5)13-12-31(52)46(6,22-51)29(45)11-14-48(30,8)47(25,7)16-18-49/h9,23-24,26-42,50-59H,10-22H2,1-8H3. The van der Waals surface area contributed by atoms with E-state index in [1.165, 1.54) is 5.57 Å². The van der Waals surface area contributed by atoms with Crippen molar-refractivity contribution in [1.29, 1.82) is 0 Å². The van der Waals surface area contributed by atoms with Gasteiger partial charge in [0.15, 0.2) is 12.6 Å². The number of hydrogen-bond acceptors (Lipinski definition) is 17. The average molecular weight is 941 g/mol. The quantitative estimate of drug-likeness (QED) is 0.116. The van der Waals surface area contributed by atoms with Gasteiger partial charge in [-0.3, -0.25) is 4.79 Å². The van der Waals surface area contributed by atoms with Crippen LogP contribution >= 0.6 is 0 Å². The summed E-state index contributed by atoms with van der Waals surface area (Å²) in [4.78, 5) is 15.0. The highest BCUT2D eigenvalue weighted by Crippen LogP contribution is 2.76. The molecule has 3 saturated heterocycles. The van der Waals surface area contributed by atoms with Crippen molar-refractivity contribution >= 4 is 5.97 Å². The molecule has 24 unspecified atom stereocenters. The van der Waals surface area contributed by atoms with Crippen molar-refractivity contribution in [3.63, 3.8) is 0 Å².